The minimum atomic E-state index is -1.58. The first kappa shape index (κ1) is 8.86. The van der Waals surface area contributed by atoms with Gasteiger partial charge in [-0.1, -0.05) is 30.3 Å². The first-order valence-corrected chi connectivity index (χ1v) is 3.38. The Labute approximate surface area is 69.5 Å². The predicted octanol–water partition coefficient (Wildman–Crippen LogP) is 0.0780. The lowest BCUT2D eigenvalue weighted by atomic mass is 10.1. The largest absolute Gasteiger partial charge is 0.360 e. The molecule has 4 heteroatoms. The van der Waals surface area contributed by atoms with E-state index < -0.39 is 12.1 Å². The molecule has 4 nitrogen and oxygen atoms in total. The van der Waals surface area contributed by atoms with Crippen molar-refractivity contribution in [3.63, 3.8) is 0 Å². The lowest BCUT2D eigenvalue weighted by Gasteiger charge is -2.05. The average molecular weight is 167 g/mol. The second-order valence-electron chi connectivity index (χ2n) is 2.22. The summed E-state index contributed by atoms with van der Waals surface area (Å²) in [5.41, 5.74) is 0.371. The molecule has 64 valence electrons. The third-order valence-electron chi connectivity index (χ3n) is 1.41. The summed E-state index contributed by atoms with van der Waals surface area (Å²) in [4.78, 5) is 15.1. The fraction of sp³-hybridized carbons (Fsp3) is 0.125. The summed E-state index contributed by atoms with van der Waals surface area (Å²) in [5.74, 6) is 4.10. The monoisotopic (exact) mass is 167 g/mol. The molecule has 0 bridgehead atoms. The Hall–Kier alpha value is -1.23. The molecule has 0 radical (unpaired) electrons. The molecule has 12 heavy (non-hydrogen) atoms. The van der Waals surface area contributed by atoms with Gasteiger partial charge in [0.2, 0.25) is 12.1 Å². The number of ketones is 1. The van der Waals surface area contributed by atoms with E-state index in [9.17, 15) is 4.79 Å². The van der Waals surface area contributed by atoms with Gasteiger partial charge in [0.05, 0.1) is 0 Å². The van der Waals surface area contributed by atoms with E-state index in [-0.39, 0.29) is 0 Å². The fourth-order valence-electron chi connectivity index (χ4n) is 0.807. The van der Waals surface area contributed by atoms with Crippen molar-refractivity contribution < 1.29 is 14.7 Å². The number of nitrogens with two attached hydrogens (primary N) is 1. The Morgan fingerprint density at radius 3 is 2.50 bits per heavy atom. The molecular weight excluding hydrogens is 158 g/mol. The lowest BCUT2D eigenvalue weighted by Crippen LogP contribution is -2.26. The van der Waals surface area contributed by atoms with E-state index in [0.29, 0.717) is 5.56 Å². The van der Waals surface area contributed by atoms with Gasteiger partial charge >= 0.3 is 0 Å². The highest BCUT2D eigenvalue weighted by atomic mass is 16.7. The number of hydrogen-bond donors (Lipinski definition) is 2. The lowest BCUT2D eigenvalue weighted by molar-refractivity contribution is -0.0739. The second kappa shape index (κ2) is 3.96. The Morgan fingerprint density at radius 1 is 1.42 bits per heavy atom. The quantitative estimate of drug-likeness (QED) is 0.380. The molecule has 0 heterocycles. The third kappa shape index (κ3) is 1.88. The van der Waals surface area contributed by atoms with Crippen LogP contribution in [0.3, 0.4) is 0 Å². The van der Waals surface area contributed by atoms with E-state index in [1.54, 1.807) is 30.3 Å². The van der Waals surface area contributed by atoms with Gasteiger partial charge in [-0.25, -0.2) is 5.90 Å². The van der Waals surface area contributed by atoms with E-state index in [1.807, 2.05) is 0 Å². The number of hydrogen-bond acceptors (Lipinski definition) is 4. The number of carbonyl (C=O) groups is 1. The maximum absolute atomic E-state index is 11.1. The van der Waals surface area contributed by atoms with Gasteiger partial charge < -0.3 is 5.11 Å². The molecular formula is C8H9NO3. The summed E-state index contributed by atoms with van der Waals surface area (Å²) >= 11 is 0. The zero-order valence-electron chi connectivity index (χ0n) is 6.31. The smallest absolute Gasteiger partial charge is 0.238 e. The number of aliphatic hydroxyl groups is 1. The number of rotatable bonds is 3. The standard InChI is InChI=1S/C8H9NO3/c9-12-8(11)7(10)6-4-2-1-3-5-6/h1-5,8,11H,9H2. The van der Waals surface area contributed by atoms with Gasteiger partial charge in [0.1, 0.15) is 0 Å². The van der Waals surface area contributed by atoms with Gasteiger partial charge in [-0.05, 0) is 0 Å². The van der Waals surface area contributed by atoms with Gasteiger partial charge in [0.15, 0.2) is 0 Å². The molecule has 0 fully saturated rings. The highest BCUT2D eigenvalue weighted by Gasteiger charge is 2.15. The van der Waals surface area contributed by atoms with Crippen molar-refractivity contribution in [2.75, 3.05) is 0 Å². The van der Waals surface area contributed by atoms with E-state index in [2.05, 4.69) is 10.7 Å². The molecule has 0 saturated heterocycles. The van der Waals surface area contributed by atoms with Gasteiger partial charge in [0.25, 0.3) is 0 Å². The summed E-state index contributed by atoms with van der Waals surface area (Å²) in [7, 11) is 0. The van der Waals surface area contributed by atoms with Crippen LogP contribution in [0.2, 0.25) is 0 Å². The summed E-state index contributed by atoms with van der Waals surface area (Å²) in [6.07, 6.45) is -1.58. The van der Waals surface area contributed by atoms with Crippen LogP contribution in [0.1, 0.15) is 10.4 Å². The molecule has 0 amide bonds. The Kier molecular flexibility index (Phi) is 2.93. The van der Waals surface area contributed by atoms with Gasteiger partial charge in [0, 0.05) is 5.56 Å². The van der Waals surface area contributed by atoms with Gasteiger partial charge in [-0.2, -0.15) is 0 Å². The minimum Gasteiger partial charge on any atom is -0.360 e. The summed E-state index contributed by atoms with van der Waals surface area (Å²) in [6, 6.07) is 8.30. The average Bonchev–Trinajstić information content (AvgIpc) is 2.17. The molecule has 1 unspecified atom stereocenters. The minimum absolute atomic E-state index is 0.371. The molecule has 0 aliphatic carbocycles. The normalized spacial score (nSPS) is 12.5. The van der Waals surface area contributed by atoms with Crippen molar-refractivity contribution in [2.45, 2.75) is 6.29 Å². The summed E-state index contributed by atoms with van der Waals surface area (Å²) in [6.45, 7) is 0. The van der Waals surface area contributed by atoms with Crippen LogP contribution in [0.4, 0.5) is 0 Å². The maximum Gasteiger partial charge on any atom is 0.238 e. The van der Waals surface area contributed by atoms with Crippen LogP contribution < -0.4 is 5.90 Å². The molecule has 3 N–H and O–H groups in total. The first-order chi connectivity index (χ1) is 5.75. The van der Waals surface area contributed by atoms with E-state index in [4.69, 9.17) is 5.11 Å². The van der Waals surface area contributed by atoms with Gasteiger partial charge in [-0.3, -0.25) is 9.63 Å². The number of benzene rings is 1. The van der Waals surface area contributed by atoms with Crippen LogP contribution >= 0.6 is 0 Å². The number of aliphatic hydroxyl groups excluding tert-OH is 1. The van der Waals surface area contributed by atoms with Crippen LogP contribution in [0.15, 0.2) is 30.3 Å². The SMILES string of the molecule is NOC(O)C(=O)c1ccccc1. The molecule has 0 saturated carbocycles. The van der Waals surface area contributed by atoms with E-state index in [1.165, 1.54) is 0 Å². The zero-order valence-corrected chi connectivity index (χ0v) is 6.31. The molecule has 1 rings (SSSR count). The Bertz CT molecular complexity index is 260. The third-order valence-corrected chi connectivity index (χ3v) is 1.41. The molecule has 1 atom stereocenters. The molecule has 1 aromatic rings. The molecule has 1 aromatic carbocycles. The van der Waals surface area contributed by atoms with Crippen LogP contribution in [0.5, 0.6) is 0 Å². The van der Waals surface area contributed by atoms with Crippen molar-refractivity contribution in [1.82, 2.24) is 0 Å². The van der Waals surface area contributed by atoms with Crippen LogP contribution in [0.25, 0.3) is 0 Å². The maximum atomic E-state index is 11.1. The molecule has 0 spiro atoms. The second-order valence-corrected chi connectivity index (χ2v) is 2.22. The highest BCUT2D eigenvalue weighted by Crippen LogP contribution is 2.02. The molecule has 0 aliphatic rings. The summed E-state index contributed by atoms with van der Waals surface area (Å²) < 4.78 is 0. The van der Waals surface area contributed by atoms with Crippen molar-refractivity contribution in [3.8, 4) is 0 Å². The summed E-state index contributed by atoms with van der Waals surface area (Å²) in [5, 5.41) is 8.88. The molecule has 0 aliphatic heterocycles. The Balaban J connectivity index is 2.79. The van der Waals surface area contributed by atoms with Gasteiger partial charge in [-0.15, -0.1) is 0 Å². The van der Waals surface area contributed by atoms with Crippen molar-refractivity contribution in [2.24, 2.45) is 5.90 Å². The number of Topliss-reactive ketones (excluding diaryl/α,β-unsaturated/α-hetero) is 1. The van der Waals surface area contributed by atoms with Crippen LogP contribution in [0, 0.1) is 0 Å². The highest BCUT2D eigenvalue weighted by molar-refractivity contribution is 5.98. The van der Waals surface area contributed by atoms with Crippen molar-refractivity contribution in [1.29, 1.82) is 0 Å². The molecule has 0 aromatic heterocycles. The predicted molar refractivity (Wildman–Crippen MR) is 42.1 cm³/mol. The topological polar surface area (TPSA) is 72.6 Å². The fourth-order valence-corrected chi connectivity index (χ4v) is 0.807. The number of carbonyl (C=O) groups excluding carboxylic acids is 1. The van der Waals surface area contributed by atoms with Crippen molar-refractivity contribution in [3.05, 3.63) is 35.9 Å². The zero-order chi connectivity index (χ0) is 8.97. The van der Waals surface area contributed by atoms with Crippen LogP contribution in [-0.2, 0) is 4.84 Å². The van der Waals surface area contributed by atoms with Crippen molar-refractivity contribution >= 4 is 5.78 Å². The Morgan fingerprint density at radius 2 is 2.00 bits per heavy atom. The first-order valence-electron chi connectivity index (χ1n) is 3.38. The van der Waals surface area contributed by atoms with E-state index in [0.717, 1.165) is 0 Å². The van der Waals surface area contributed by atoms with E-state index >= 15 is 0 Å². The van der Waals surface area contributed by atoms with Crippen LogP contribution in [-0.4, -0.2) is 17.2 Å².